The highest BCUT2D eigenvalue weighted by Gasteiger charge is 2.46. The first-order valence-electron chi connectivity index (χ1n) is 9.82. The smallest absolute Gasteiger partial charge is 0.335 e. The molecule has 1 aromatic carbocycles. The predicted octanol–water partition coefficient (Wildman–Crippen LogP) is 4.54. The summed E-state index contributed by atoms with van der Waals surface area (Å²) in [6.45, 7) is 2.63. The number of halogens is 1. The molecular weight excluding hydrogens is 405 g/mol. The number of aryl methyl sites for hydroxylation is 1. The molecule has 2 aliphatic heterocycles. The predicted molar refractivity (Wildman–Crippen MR) is 113 cm³/mol. The zero-order valence-corrected chi connectivity index (χ0v) is 17.6. The summed E-state index contributed by atoms with van der Waals surface area (Å²) < 4.78 is 25.0. The van der Waals surface area contributed by atoms with E-state index in [1.54, 1.807) is 29.4 Å². The normalized spacial score (nSPS) is 20.3. The molecule has 0 radical (unpaired) electrons. The van der Waals surface area contributed by atoms with Crippen LogP contribution in [0.5, 0.6) is 0 Å². The van der Waals surface area contributed by atoms with Crippen molar-refractivity contribution in [2.24, 2.45) is 0 Å². The van der Waals surface area contributed by atoms with E-state index in [4.69, 9.17) is 9.47 Å². The van der Waals surface area contributed by atoms with E-state index in [9.17, 15) is 14.0 Å². The zero-order chi connectivity index (χ0) is 21.3. The SMILES string of the molecule is CCc1ccc(-c2cc(F)ccc2/C=C2\CCN(C)C3(C2)OC(=O)C=CC(=O)O3)s1. The monoisotopic (exact) mass is 427 g/mol. The van der Waals surface area contributed by atoms with Crippen LogP contribution in [0, 0.1) is 5.82 Å². The van der Waals surface area contributed by atoms with Gasteiger partial charge in [-0.2, -0.15) is 0 Å². The summed E-state index contributed by atoms with van der Waals surface area (Å²) in [4.78, 5) is 27.9. The largest absolute Gasteiger partial charge is 0.405 e. The van der Waals surface area contributed by atoms with Crippen LogP contribution in [0.4, 0.5) is 4.39 Å². The maximum Gasteiger partial charge on any atom is 0.335 e. The Hall–Kier alpha value is -2.77. The summed E-state index contributed by atoms with van der Waals surface area (Å²) in [6, 6.07) is 8.80. The van der Waals surface area contributed by atoms with Crippen molar-refractivity contribution in [1.29, 1.82) is 0 Å². The molecule has 2 aromatic rings. The Labute approximate surface area is 178 Å². The van der Waals surface area contributed by atoms with Crippen molar-refractivity contribution in [1.82, 2.24) is 4.90 Å². The first-order valence-corrected chi connectivity index (χ1v) is 10.6. The maximum atomic E-state index is 14.0. The Morgan fingerprint density at radius 1 is 1.17 bits per heavy atom. The lowest BCUT2D eigenvalue weighted by molar-refractivity contribution is -0.281. The third kappa shape index (κ3) is 4.08. The van der Waals surface area contributed by atoms with Crippen molar-refractivity contribution in [3.8, 4) is 10.4 Å². The molecule has 0 N–H and O–H groups in total. The highest BCUT2D eigenvalue weighted by molar-refractivity contribution is 7.15. The summed E-state index contributed by atoms with van der Waals surface area (Å²) in [5.41, 5.74) is 2.65. The lowest BCUT2D eigenvalue weighted by Gasteiger charge is -2.42. The Morgan fingerprint density at radius 2 is 1.90 bits per heavy atom. The average molecular weight is 427 g/mol. The van der Waals surface area contributed by atoms with Gasteiger partial charge in [-0.1, -0.05) is 24.6 Å². The summed E-state index contributed by atoms with van der Waals surface area (Å²) >= 11 is 1.65. The van der Waals surface area contributed by atoms with Crippen molar-refractivity contribution < 1.29 is 23.5 Å². The van der Waals surface area contributed by atoms with Gasteiger partial charge in [-0.3, -0.25) is 0 Å². The summed E-state index contributed by atoms with van der Waals surface area (Å²) in [5, 5.41) is 0. The molecule has 0 unspecified atom stereocenters. The third-order valence-corrected chi connectivity index (χ3v) is 6.59. The number of hydrogen-bond acceptors (Lipinski definition) is 6. The van der Waals surface area contributed by atoms with Crippen LogP contribution in [0.1, 0.15) is 30.2 Å². The number of esters is 2. The first-order chi connectivity index (χ1) is 14.4. The summed E-state index contributed by atoms with van der Waals surface area (Å²) in [7, 11) is 1.75. The second-order valence-electron chi connectivity index (χ2n) is 7.39. The van der Waals surface area contributed by atoms with Gasteiger partial charge < -0.3 is 9.47 Å². The van der Waals surface area contributed by atoms with Crippen LogP contribution in [0.15, 0.2) is 48.1 Å². The fraction of sp³-hybridized carbons (Fsp3) is 0.304. The number of carbonyl (C=O) groups is 2. The van der Waals surface area contributed by atoms with Crippen molar-refractivity contribution in [2.75, 3.05) is 13.6 Å². The number of nitrogens with zero attached hydrogens (tertiary/aromatic N) is 1. The standard InChI is InChI=1S/C23H22FNO4S/c1-3-18-6-7-20(30-18)19-13-17(24)5-4-16(19)12-15-10-11-25(2)23(14-15)28-21(26)8-9-22(27)29-23/h4-9,12-13H,3,10-11,14H2,1-2H3/b15-12+. The molecule has 4 rings (SSSR count). The number of likely N-dealkylation sites (tertiary alicyclic amines) is 1. The van der Waals surface area contributed by atoms with Gasteiger partial charge in [-0.15, -0.1) is 11.3 Å². The molecule has 3 heterocycles. The molecule has 2 aliphatic rings. The van der Waals surface area contributed by atoms with Crippen molar-refractivity contribution in [2.45, 2.75) is 32.1 Å². The van der Waals surface area contributed by atoms with Gasteiger partial charge in [0.05, 0.1) is 6.42 Å². The van der Waals surface area contributed by atoms with E-state index in [1.807, 2.05) is 12.1 Å². The van der Waals surface area contributed by atoms with Gasteiger partial charge in [-0.25, -0.2) is 18.9 Å². The Bertz CT molecular complexity index is 1040. The lowest BCUT2D eigenvalue weighted by Crippen LogP contribution is -2.55. The highest BCUT2D eigenvalue weighted by atomic mass is 32.1. The van der Waals surface area contributed by atoms with Crippen LogP contribution < -0.4 is 0 Å². The molecule has 156 valence electrons. The lowest BCUT2D eigenvalue weighted by atomic mass is 9.95. The van der Waals surface area contributed by atoms with Crippen LogP contribution in [0.25, 0.3) is 16.5 Å². The summed E-state index contributed by atoms with van der Waals surface area (Å²) in [5.74, 6) is -3.01. The first kappa shape index (κ1) is 20.5. The van der Waals surface area contributed by atoms with E-state index in [-0.39, 0.29) is 12.2 Å². The minimum Gasteiger partial charge on any atom is -0.405 e. The van der Waals surface area contributed by atoms with Gasteiger partial charge in [0.25, 0.3) is 0 Å². The number of ether oxygens (including phenoxy) is 2. The molecule has 0 amide bonds. The molecule has 30 heavy (non-hydrogen) atoms. The van der Waals surface area contributed by atoms with E-state index in [0.717, 1.165) is 40.2 Å². The van der Waals surface area contributed by atoms with Crippen LogP contribution in [0.2, 0.25) is 0 Å². The van der Waals surface area contributed by atoms with Crippen molar-refractivity contribution >= 4 is 29.4 Å². The molecule has 0 bridgehead atoms. The third-order valence-electron chi connectivity index (χ3n) is 5.33. The Balaban J connectivity index is 1.70. The van der Waals surface area contributed by atoms with Crippen molar-refractivity contribution in [3.05, 3.63) is 64.3 Å². The van der Waals surface area contributed by atoms with E-state index in [2.05, 4.69) is 13.0 Å². The molecule has 1 aromatic heterocycles. The van der Waals surface area contributed by atoms with E-state index in [0.29, 0.717) is 13.0 Å². The zero-order valence-electron chi connectivity index (χ0n) is 16.8. The van der Waals surface area contributed by atoms with Crippen molar-refractivity contribution in [3.63, 3.8) is 0 Å². The molecule has 1 saturated heterocycles. The van der Waals surface area contributed by atoms with E-state index < -0.39 is 17.8 Å². The summed E-state index contributed by atoms with van der Waals surface area (Å²) in [6.07, 6.45) is 5.99. The molecule has 5 nitrogen and oxygen atoms in total. The van der Waals surface area contributed by atoms with Gasteiger partial charge in [0.1, 0.15) is 5.82 Å². The number of benzene rings is 1. The van der Waals surface area contributed by atoms with E-state index >= 15 is 0 Å². The fourth-order valence-corrected chi connectivity index (χ4v) is 4.67. The van der Waals surface area contributed by atoms with Crippen LogP contribution >= 0.6 is 11.3 Å². The Kier molecular flexibility index (Phi) is 5.58. The van der Waals surface area contributed by atoms with Crippen LogP contribution in [-0.4, -0.2) is 36.3 Å². The van der Waals surface area contributed by atoms with Crippen LogP contribution in [-0.2, 0) is 25.5 Å². The second kappa shape index (κ2) is 8.16. The molecular formula is C23H22FNO4S. The van der Waals surface area contributed by atoms with Gasteiger partial charge >= 0.3 is 17.8 Å². The van der Waals surface area contributed by atoms with Crippen LogP contribution in [0.3, 0.4) is 0 Å². The fourth-order valence-electron chi connectivity index (χ4n) is 3.68. The second-order valence-corrected chi connectivity index (χ2v) is 8.56. The molecule has 1 fully saturated rings. The number of rotatable bonds is 3. The molecule has 0 atom stereocenters. The Morgan fingerprint density at radius 3 is 2.57 bits per heavy atom. The van der Waals surface area contributed by atoms with E-state index in [1.165, 1.54) is 17.0 Å². The number of carbonyl (C=O) groups excluding carboxylic acids is 2. The maximum absolute atomic E-state index is 14.0. The molecule has 7 heteroatoms. The molecule has 1 spiro atoms. The van der Waals surface area contributed by atoms with Gasteiger partial charge in [0, 0.05) is 34.0 Å². The van der Waals surface area contributed by atoms with Gasteiger partial charge in [-0.05, 0) is 49.7 Å². The van der Waals surface area contributed by atoms with Gasteiger partial charge in [0.15, 0.2) is 0 Å². The molecule has 0 aliphatic carbocycles. The number of piperidine rings is 1. The quantitative estimate of drug-likeness (QED) is 0.674. The minimum absolute atomic E-state index is 0.226. The molecule has 0 saturated carbocycles. The van der Waals surface area contributed by atoms with Gasteiger partial charge in [0.2, 0.25) is 0 Å². The topological polar surface area (TPSA) is 55.8 Å². The number of hydrogen-bond donors (Lipinski definition) is 0. The average Bonchev–Trinajstić information content (AvgIpc) is 3.14. The minimum atomic E-state index is -1.47. The highest BCUT2D eigenvalue weighted by Crippen LogP contribution is 2.38. The number of thiophene rings is 1.